The number of hydroxylamine groups is 4. The molecule has 4 amide bonds. The largest absolute Gasteiger partial charge is 1.00 e. The molecular formula is C37H42N5Na2O14S2+. The molecule has 0 radical (unpaired) electrons. The van der Waals surface area contributed by atoms with Gasteiger partial charge in [-0.2, -0.15) is 14.0 Å². The van der Waals surface area contributed by atoms with Crippen molar-refractivity contribution in [3.63, 3.8) is 0 Å². The van der Waals surface area contributed by atoms with Gasteiger partial charge in [0.15, 0.2) is 12.3 Å². The zero-order valence-corrected chi connectivity index (χ0v) is 39.8. The summed E-state index contributed by atoms with van der Waals surface area (Å²) in [6.45, 7) is 7.60. The van der Waals surface area contributed by atoms with Crippen LogP contribution in [0.15, 0.2) is 64.3 Å². The number of imide groups is 2. The van der Waals surface area contributed by atoms with E-state index in [1.807, 2.05) is 37.5 Å². The van der Waals surface area contributed by atoms with Gasteiger partial charge in [-0.05, 0) is 58.7 Å². The zero-order chi connectivity index (χ0) is 42.4. The summed E-state index contributed by atoms with van der Waals surface area (Å²) in [5.41, 5.74) is 2.02. The molecule has 0 N–H and O–H groups in total. The Kier molecular flexibility index (Phi) is 18.7. The SMILES string of the molecule is CC1=NN(CCC(=O)ON2C(=O)CCC2=O)\C(=C/C=C/C=C/C2=[N+](CCC(=O)ON3C(=O)CCC3=O)c3ccc(SOO[O-])cc3C2(C)C)C1(C)CCCS(=O)(=O)[O-].[Na+].[Na+]. The maximum absolute atomic E-state index is 12.8. The minimum Gasteiger partial charge on any atom is -0.748 e. The number of hydrogen-bond donors (Lipinski definition) is 0. The Morgan fingerprint density at radius 3 is 2.07 bits per heavy atom. The fourth-order valence-corrected chi connectivity index (χ4v) is 7.93. The molecular weight excluding hydrogens is 849 g/mol. The summed E-state index contributed by atoms with van der Waals surface area (Å²) in [5, 5.41) is 21.1. The molecule has 1 unspecified atom stereocenters. The summed E-state index contributed by atoms with van der Waals surface area (Å²) in [7, 11) is -4.48. The van der Waals surface area contributed by atoms with Crippen LogP contribution in [0.25, 0.3) is 0 Å². The van der Waals surface area contributed by atoms with Gasteiger partial charge in [0.2, 0.25) is 5.69 Å². The predicted octanol–water partition coefficient (Wildman–Crippen LogP) is -3.68. The predicted molar refractivity (Wildman–Crippen MR) is 199 cm³/mol. The van der Waals surface area contributed by atoms with Crippen LogP contribution in [0.1, 0.15) is 84.6 Å². The molecule has 0 aromatic heterocycles. The molecule has 0 aliphatic carbocycles. The number of carbonyl (C=O) groups excluding carboxylic acids is 6. The molecule has 0 spiro atoms. The Morgan fingerprint density at radius 2 is 1.50 bits per heavy atom. The van der Waals surface area contributed by atoms with Crippen LogP contribution in [-0.4, -0.2) is 98.5 Å². The third-order valence-corrected chi connectivity index (χ3v) is 11.6. The third kappa shape index (κ3) is 12.3. The number of carbonyl (C=O) groups is 6. The standard InChI is InChI=1S/C37H43N5O14S2.2Na/c1-24-37(4,19-8-22-58(50,51)52)29(40(38-24)21-18-35(48)54-42-32(45)15-16-33(42)46)10-7-5-6-9-28-36(2,3)26-23-25(57-56-55-49)11-12-27(26)39(28)20-17-34(47)53-41-30(43)13-14-31(41)44;;/h5-7,9-12,23H,8,13-22H2,1-4H3,(H-,49,50,51,52);;/q;2*+1/p-1. The number of nitrogens with zero attached hydrogens (tertiary/aromatic N) is 5. The summed E-state index contributed by atoms with van der Waals surface area (Å²) < 4.78 is 40.6. The van der Waals surface area contributed by atoms with Crippen LogP contribution in [-0.2, 0) is 63.3 Å². The van der Waals surface area contributed by atoms with Gasteiger partial charge in [0, 0.05) is 70.9 Å². The number of fused-ring (bicyclic) bond motifs is 1. The van der Waals surface area contributed by atoms with Crippen LogP contribution in [0.4, 0.5) is 5.69 Å². The van der Waals surface area contributed by atoms with E-state index in [4.69, 9.17) is 9.68 Å². The first-order valence-electron chi connectivity index (χ1n) is 18.2. The normalized spacial score (nSPS) is 20.7. The van der Waals surface area contributed by atoms with E-state index in [-0.39, 0.29) is 124 Å². The summed E-state index contributed by atoms with van der Waals surface area (Å²) >= 11 is 0.725. The Morgan fingerprint density at radius 1 is 0.917 bits per heavy atom. The molecule has 0 saturated carbocycles. The molecule has 312 valence electrons. The van der Waals surface area contributed by atoms with Crippen molar-refractivity contribution in [1.29, 1.82) is 0 Å². The second-order valence-electron chi connectivity index (χ2n) is 14.5. The summed E-state index contributed by atoms with van der Waals surface area (Å²) in [6.07, 6.45) is 8.44. The first kappa shape index (κ1) is 51.3. The Labute approximate surface area is 395 Å². The fourth-order valence-electron chi connectivity index (χ4n) is 7.04. The van der Waals surface area contributed by atoms with Crippen molar-refractivity contribution in [3.8, 4) is 0 Å². The maximum atomic E-state index is 12.8. The Balaban J connectivity index is 0.00000480. The van der Waals surface area contributed by atoms with E-state index in [9.17, 15) is 47.0 Å². The molecule has 1 atom stereocenters. The number of allylic oxidation sites excluding steroid dienone is 6. The van der Waals surface area contributed by atoms with Crippen molar-refractivity contribution in [1.82, 2.24) is 15.1 Å². The van der Waals surface area contributed by atoms with Crippen LogP contribution < -0.4 is 64.4 Å². The summed E-state index contributed by atoms with van der Waals surface area (Å²) in [5.74, 6) is -4.59. The molecule has 2 saturated heterocycles. The van der Waals surface area contributed by atoms with Crippen molar-refractivity contribution in [2.75, 3.05) is 18.8 Å². The maximum Gasteiger partial charge on any atom is 1.00 e. The molecule has 60 heavy (non-hydrogen) atoms. The van der Waals surface area contributed by atoms with Crippen molar-refractivity contribution in [3.05, 3.63) is 59.8 Å². The van der Waals surface area contributed by atoms with Gasteiger partial charge in [-0.15, -0.1) is 10.1 Å². The van der Waals surface area contributed by atoms with Gasteiger partial charge in [0.05, 0.1) is 40.5 Å². The number of rotatable bonds is 18. The first-order chi connectivity index (χ1) is 27.4. The van der Waals surface area contributed by atoms with Gasteiger partial charge in [-0.3, -0.25) is 29.2 Å². The van der Waals surface area contributed by atoms with E-state index in [0.29, 0.717) is 26.4 Å². The smallest absolute Gasteiger partial charge is 0.748 e. The second kappa shape index (κ2) is 21.8. The first-order valence-corrected chi connectivity index (χ1v) is 20.6. The van der Waals surface area contributed by atoms with Gasteiger partial charge in [-0.25, -0.2) is 18.0 Å². The number of hydrogen-bond acceptors (Lipinski definition) is 17. The van der Waals surface area contributed by atoms with Gasteiger partial charge >= 0.3 is 71.1 Å². The second-order valence-corrected chi connectivity index (χ2v) is 16.8. The minimum atomic E-state index is -4.48. The van der Waals surface area contributed by atoms with E-state index in [1.165, 1.54) is 0 Å². The molecule has 4 heterocycles. The third-order valence-electron chi connectivity index (χ3n) is 10.2. The van der Waals surface area contributed by atoms with Crippen molar-refractivity contribution in [2.45, 2.75) is 89.4 Å². The minimum absolute atomic E-state index is 0. The van der Waals surface area contributed by atoms with Gasteiger partial charge in [0.25, 0.3) is 23.6 Å². The van der Waals surface area contributed by atoms with E-state index < -0.39 is 62.3 Å². The molecule has 2 fully saturated rings. The Bertz CT molecular complexity index is 2130. The molecule has 23 heteroatoms. The van der Waals surface area contributed by atoms with E-state index in [0.717, 1.165) is 29.0 Å². The topological polar surface area (TPSA) is 245 Å². The molecule has 1 aromatic carbocycles. The molecule has 1 aromatic rings. The van der Waals surface area contributed by atoms with Gasteiger partial charge in [0.1, 0.15) is 6.42 Å². The summed E-state index contributed by atoms with van der Waals surface area (Å²) in [6, 6.07) is 5.32. The average Bonchev–Trinajstić information content (AvgIpc) is 3.80. The van der Waals surface area contributed by atoms with E-state index >= 15 is 0 Å². The number of benzene rings is 1. The van der Waals surface area contributed by atoms with E-state index in [2.05, 4.69) is 14.5 Å². The molecule has 4 aliphatic heterocycles. The van der Waals surface area contributed by atoms with Crippen LogP contribution in [0.3, 0.4) is 0 Å². The van der Waals surface area contributed by atoms with Crippen LogP contribution in [0.5, 0.6) is 0 Å². The fraction of sp³-hybridized carbons (Fsp3) is 0.459. The molecule has 19 nitrogen and oxygen atoms in total. The quantitative estimate of drug-likeness (QED) is 0.0201. The Hall–Kier alpha value is -3.06. The van der Waals surface area contributed by atoms with Crippen molar-refractivity contribution >= 4 is 74.8 Å². The van der Waals surface area contributed by atoms with Gasteiger partial charge in [-0.1, -0.05) is 18.2 Å². The molecule has 0 bridgehead atoms. The van der Waals surface area contributed by atoms with Gasteiger partial charge < -0.3 is 19.5 Å². The molecule has 4 aliphatic rings. The molecule has 5 rings (SSSR count). The monoisotopic (exact) mass is 890 g/mol. The van der Waals surface area contributed by atoms with Crippen LogP contribution in [0.2, 0.25) is 0 Å². The van der Waals surface area contributed by atoms with Crippen molar-refractivity contribution < 1.29 is 130 Å². The number of amides is 4. The zero-order valence-electron chi connectivity index (χ0n) is 34.2. The summed E-state index contributed by atoms with van der Waals surface area (Å²) in [4.78, 5) is 84.0. The average molecular weight is 891 g/mol. The van der Waals surface area contributed by atoms with Crippen molar-refractivity contribution in [2.24, 2.45) is 10.5 Å². The van der Waals surface area contributed by atoms with Crippen LogP contribution >= 0.6 is 12.0 Å². The number of hydrazone groups is 1. The van der Waals surface area contributed by atoms with E-state index in [1.54, 1.807) is 48.4 Å². The van der Waals surface area contributed by atoms with Crippen LogP contribution in [0, 0.1) is 5.41 Å².